The fraction of sp³-hybridized carbons (Fsp3) is 0.393. The van der Waals surface area contributed by atoms with E-state index in [0.717, 1.165) is 70.2 Å². The van der Waals surface area contributed by atoms with Gasteiger partial charge in [0.25, 0.3) is 0 Å². The molecular formula is C56H63ClN2O8S. The van der Waals surface area contributed by atoms with Gasteiger partial charge in [0.05, 0.1) is 37.3 Å². The van der Waals surface area contributed by atoms with Crippen LogP contribution in [0.4, 0.5) is 4.79 Å². The number of rotatable bonds is 24. The SMILES string of the molecule is C=CCO[C@@]12Oc3ccc(OCCSc4ccccc4)cc3[C@H]3[C@H](CCCCO)[C@@H](CCCCO)C=C(C(=NOCc4ccccc4)C[C@@H]1N(Cc1cccc4ccccc14)C(=O)OCCCl)[C@H]32. The first-order chi connectivity index (χ1) is 33.5. The summed E-state index contributed by atoms with van der Waals surface area (Å²) < 4.78 is 27.2. The van der Waals surface area contributed by atoms with E-state index in [9.17, 15) is 15.0 Å². The number of hydrogen-bond acceptors (Lipinski definition) is 10. The van der Waals surface area contributed by atoms with E-state index in [-0.39, 0.29) is 69.6 Å². The van der Waals surface area contributed by atoms with Crippen molar-refractivity contribution in [2.24, 2.45) is 22.9 Å². The van der Waals surface area contributed by atoms with Crippen molar-refractivity contribution in [1.29, 1.82) is 0 Å². The molecule has 0 aromatic heterocycles. The number of alkyl halides is 1. The first kappa shape index (κ1) is 49.1. The summed E-state index contributed by atoms with van der Waals surface area (Å²) >= 11 is 7.95. The molecule has 0 saturated heterocycles. The molecule has 1 saturated carbocycles. The van der Waals surface area contributed by atoms with Crippen LogP contribution in [0.25, 0.3) is 10.8 Å². The van der Waals surface area contributed by atoms with Crippen LogP contribution in [0, 0.1) is 17.8 Å². The van der Waals surface area contributed by atoms with Gasteiger partial charge >= 0.3 is 6.09 Å². The molecule has 0 spiro atoms. The Labute approximate surface area is 409 Å². The second-order valence-corrected chi connectivity index (χ2v) is 19.2. The number of ether oxygens (including phenoxy) is 4. The van der Waals surface area contributed by atoms with Gasteiger partial charge in [0, 0.05) is 41.8 Å². The van der Waals surface area contributed by atoms with Crippen LogP contribution in [0.1, 0.15) is 67.6 Å². The summed E-state index contributed by atoms with van der Waals surface area (Å²) in [5.41, 5.74) is 4.54. The van der Waals surface area contributed by atoms with Crippen molar-refractivity contribution in [3.05, 3.63) is 162 Å². The van der Waals surface area contributed by atoms with Gasteiger partial charge in [-0.15, -0.1) is 29.9 Å². The number of thioether (sulfide) groups is 1. The Morgan fingerprint density at radius 2 is 1.65 bits per heavy atom. The number of oxime groups is 1. The summed E-state index contributed by atoms with van der Waals surface area (Å²) in [6.45, 7) is 5.36. The summed E-state index contributed by atoms with van der Waals surface area (Å²) in [6.07, 6.45) is 8.35. The maximum absolute atomic E-state index is 14.9. The number of carbonyl (C=O) groups excluding carboxylic acids is 1. The predicted octanol–water partition coefficient (Wildman–Crippen LogP) is 11.7. The van der Waals surface area contributed by atoms with Gasteiger partial charge in [0.2, 0.25) is 5.79 Å². The van der Waals surface area contributed by atoms with Crippen LogP contribution in [0.5, 0.6) is 11.5 Å². The zero-order valence-electron chi connectivity index (χ0n) is 38.6. The Bertz CT molecular complexity index is 2480. The Morgan fingerprint density at radius 1 is 0.897 bits per heavy atom. The number of fused-ring (bicyclic) bond motifs is 3. The molecule has 358 valence electrons. The van der Waals surface area contributed by atoms with Crippen LogP contribution in [0.15, 0.2) is 156 Å². The molecule has 6 atom stereocenters. The lowest BCUT2D eigenvalue weighted by atomic mass is 9.55. The molecule has 0 radical (unpaired) electrons. The molecule has 0 unspecified atom stereocenters. The Balaban J connectivity index is 1.30. The highest BCUT2D eigenvalue weighted by atomic mass is 35.5. The molecule has 0 bridgehead atoms. The van der Waals surface area contributed by atoms with Crippen LogP contribution in [-0.4, -0.2) is 83.4 Å². The maximum atomic E-state index is 14.9. The molecule has 12 heteroatoms. The molecule has 10 nitrogen and oxygen atoms in total. The van der Waals surface area contributed by atoms with Crippen molar-refractivity contribution < 1.29 is 38.8 Å². The molecule has 1 heterocycles. The van der Waals surface area contributed by atoms with Crippen LogP contribution < -0.4 is 9.47 Å². The average Bonchev–Trinajstić information content (AvgIpc) is 3.37. The van der Waals surface area contributed by atoms with Gasteiger partial charge in [-0.3, -0.25) is 4.90 Å². The number of unbranched alkanes of at least 4 members (excludes halogenated alkanes) is 2. The zero-order valence-corrected chi connectivity index (χ0v) is 40.2. The standard InChI is InChI=1S/C56H63ClN2O8S/c1-2-31-65-56-52(59(55(62)64-32-28-57)38-43-21-15-20-41-18-9-10-24-46(41)43)37-50(58-66-39-40-16-5-3-6-17-40)48-35-42(19-11-13-29-60)47(25-12-14-30-61)53(54(48)56)49-36-44(26-27-51(49)67-56)63-33-34-68-45-22-7-4-8-23-45/h2-10,15-18,20-24,26-27,35-36,42,47,52-54,60-61H,1,11-14,19,25,28-34,37-39H2/t42-,47+,52-,53+,54+,56+/m0/s1. The molecule has 8 rings (SSSR count). The normalized spacial score (nSPS) is 22.1. The highest BCUT2D eigenvalue weighted by Gasteiger charge is 2.65. The van der Waals surface area contributed by atoms with E-state index in [2.05, 4.69) is 49.1 Å². The molecule has 1 amide bonds. The Hall–Kier alpha value is -5.30. The third-order valence-electron chi connectivity index (χ3n) is 13.4. The van der Waals surface area contributed by atoms with E-state index < -0.39 is 23.8 Å². The highest BCUT2D eigenvalue weighted by molar-refractivity contribution is 7.99. The number of carbonyl (C=O) groups is 1. The maximum Gasteiger partial charge on any atom is 0.410 e. The molecule has 2 N–H and O–H groups in total. The van der Waals surface area contributed by atoms with Gasteiger partial charge in [0.15, 0.2) is 0 Å². The van der Waals surface area contributed by atoms with Crippen LogP contribution in [0.2, 0.25) is 0 Å². The number of halogens is 1. The van der Waals surface area contributed by atoms with Gasteiger partial charge in [-0.2, -0.15) is 0 Å². The van der Waals surface area contributed by atoms with Gasteiger partial charge in [-0.1, -0.05) is 121 Å². The number of allylic oxidation sites excluding steroid dienone is 1. The van der Waals surface area contributed by atoms with E-state index in [4.69, 9.17) is 40.5 Å². The minimum absolute atomic E-state index is 0.0107. The molecule has 1 fully saturated rings. The number of aliphatic hydroxyl groups excluding tert-OH is 2. The topological polar surface area (TPSA) is 119 Å². The molecule has 1 aliphatic heterocycles. The van der Waals surface area contributed by atoms with Crippen molar-refractivity contribution in [1.82, 2.24) is 4.90 Å². The zero-order chi connectivity index (χ0) is 47.1. The number of hydrogen-bond donors (Lipinski definition) is 2. The summed E-state index contributed by atoms with van der Waals surface area (Å²) in [5.74, 6) is 0.204. The second kappa shape index (κ2) is 24.3. The lowest BCUT2D eigenvalue weighted by Crippen LogP contribution is -2.70. The number of nitrogens with zero attached hydrogens (tertiary/aromatic N) is 2. The second-order valence-electron chi connectivity index (χ2n) is 17.6. The van der Waals surface area contributed by atoms with Crippen molar-refractivity contribution >= 4 is 45.9 Å². The Morgan fingerprint density at radius 3 is 2.43 bits per heavy atom. The van der Waals surface area contributed by atoms with E-state index in [1.54, 1.807) is 22.7 Å². The van der Waals surface area contributed by atoms with E-state index in [0.29, 0.717) is 30.9 Å². The minimum atomic E-state index is -1.47. The highest BCUT2D eigenvalue weighted by Crippen LogP contribution is 2.62. The first-order valence-electron chi connectivity index (χ1n) is 24.0. The number of amides is 1. The van der Waals surface area contributed by atoms with Gasteiger partial charge in [-0.25, -0.2) is 4.79 Å². The number of benzene rings is 5. The van der Waals surface area contributed by atoms with Crippen LogP contribution >= 0.6 is 23.4 Å². The fourth-order valence-electron chi connectivity index (χ4n) is 10.5. The third kappa shape index (κ3) is 11.4. The van der Waals surface area contributed by atoms with Crippen molar-refractivity contribution in [2.45, 2.75) is 80.7 Å². The Kier molecular flexibility index (Phi) is 17.6. The quantitative estimate of drug-likeness (QED) is 0.0205. The fourth-order valence-corrected chi connectivity index (χ4v) is 11.3. The van der Waals surface area contributed by atoms with Crippen molar-refractivity contribution in [3.8, 4) is 11.5 Å². The summed E-state index contributed by atoms with van der Waals surface area (Å²) in [6, 6.07) is 39.8. The summed E-state index contributed by atoms with van der Waals surface area (Å²) in [4.78, 5) is 24.1. The monoisotopic (exact) mass is 958 g/mol. The molecule has 2 aliphatic carbocycles. The molecule has 5 aromatic rings. The predicted molar refractivity (Wildman–Crippen MR) is 270 cm³/mol. The van der Waals surface area contributed by atoms with Gasteiger partial charge in [-0.05, 0) is 95.3 Å². The third-order valence-corrected chi connectivity index (χ3v) is 14.5. The summed E-state index contributed by atoms with van der Waals surface area (Å²) in [5, 5.41) is 27.2. The van der Waals surface area contributed by atoms with Crippen LogP contribution in [0.3, 0.4) is 0 Å². The van der Waals surface area contributed by atoms with Gasteiger partial charge in [0.1, 0.15) is 30.8 Å². The van der Waals surface area contributed by atoms with E-state index >= 15 is 0 Å². The van der Waals surface area contributed by atoms with Crippen molar-refractivity contribution in [2.75, 3.05) is 44.7 Å². The van der Waals surface area contributed by atoms with Crippen molar-refractivity contribution in [3.63, 3.8) is 0 Å². The van der Waals surface area contributed by atoms with E-state index in [1.165, 1.54) is 4.90 Å². The lowest BCUT2D eigenvalue weighted by Gasteiger charge is -2.59. The molecular weight excluding hydrogens is 896 g/mol. The molecule has 68 heavy (non-hydrogen) atoms. The van der Waals surface area contributed by atoms with Gasteiger partial charge < -0.3 is 34.0 Å². The summed E-state index contributed by atoms with van der Waals surface area (Å²) in [7, 11) is 0. The van der Waals surface area contributed by atoms with Crippen LogP contribution in [-0.2, 0) is 27.5 Å². The molecule has 5 aromatic carbocycles. The number of aliphatic hydroxyl groups is 2. The smallest absolute Gasteiger partial charge is 0.410 e. The average molecular weight is 960 g/mol. The lowest BCUT2D eigenvalue weighted by molar-refractivity contribution is -0.256. The minimum Gasteiger partial charge on any atom is -0.493 e. The first-order valence-corrected chi connectivity index (χ1v) is 25.5. The van der Waals surface area contributed by atoms with E-state index in [1.807, 2.05) is 84.9 Å². The molecule has 3 aliphatic rings. The largest absolute Gasteiger partial charge is 0.493 e.